The van der Waals surface area contributed by atoms with Gasteiger partial charge in [0.15, 0.2) is 9.76 Å². The van der Waals surface area contributed by atoms with Gasteiger partial charge in [-0.3, -0.25) is 0 Å². The van der Waals surface area contributed by atoms with Gasteiger partial charge < -0.3 is 4.43 Å². The van der Waals surface area contributed by atoms with Gasteiger partial charge in [-0.1, -0.05) is 86.8 Å². The smallest absolute Gasteiger partial charge is 0.171 e. The monoisotopic (exact) mass is 380 g/mol. The van der Waals surface area contributed by atoms with Crippen molar-refractivity contribution in [3.8, 4) is 0 Å². The third kappa shape index (κ3) is 4.78. The molecule has 18 heavy (non-hydrogen) atoms. The van der Waals surface area contributed by atoms with E-state index in [9.17, 15) is 0 Å². The molecule has 0 saturated heterocycles. The lowest BCUT2D eigenvalue weighted by Crippen LogP contribution is -2.31. The summed E-state index contributed by atoms with van der Waals surface area (Å²) >= 11 is 2.48. The molecule has 0 radical (unpaired) electrons. The SMILES string of the molecule is IC[SiH2]OCC(C1CCCCC1)C1CCCCC1. The third-order valence-electron chi connectivity index (χ3n) is 5.04. The molecule has 2 aliphatic rings. The van der Waals surface area contributed by atoms with Crippen molar-refractivity contribution >= 4 is 32.4 Å². The van der Waals surface area contributed by atoms with Crippen LogP contribution in [0.4, 0.5) is 0 Å². The summed E-state index contributed by atoms with van der Waals surface area (Å²) < 4.78 is 7.36. The first-order valence-corrected chi connectivity index (χ1v) is 11.2. The number of hydrogen-bond acceptors (Lipinski definition) is 1. The molecule has 3 heteroatoms. The van der Waals surface area contributed by atoms with Gasteiger partial charge in [0.25, 0.3) is 0 Å². The number of halogens is 1. The van der Waals surface area contributed by atoms with E-state index in [-0.39, 0.29) is 9.76 Å². The van der Waals surface area contributed by atoms with Gasteiger partial charge in [-0.05, 0) is 17.8 Å². The van der Waals surface area contributed by atoms with E-state index in [1.54, 1.807) is 0 Å². The molecule has 0 aromatic heterocycles. The molecule has 0 aromatic carbocycles. The van der Waals surface area contributed by atoms with Crippen molar-refractivity contribution in [2.75, 3.05) is 10.7 Å². The predicted octanol–water partition coefficient (Wildman–Crippen LogP) is 4.26. The zero-order valence-electron chi connectivity index (χ0n) is 11.7. The van der Waals surface area contributed by atoms with Crippen LogP contribution in [0.25, 0.3) is 0 Å². The van der Waals surface area contributed by atoms with E-state index < -0.39 is 0 Å². The number of hydrogen-bond donors (Lipinski definition) is 0. The van der Waals surface area contributed by atoms with Crippen LogP contribution >= 0.6 is 22.6 Å². The standard InChI is InChI=1S/C15H29IOSi/c16-12-18-17-11-15(13-7-3-1-4-8-13)14-9-5-2-6-10-14/h13-15H,1-12,18H2. The predicted molar refractivity (Wildman–Crippen MR) is 90.0 cm³/mol. The summed E-state index contributed by atoms with van der Waals surface area (Å²) in [7, 11) is -0.206. The lowest BCUT2D eigenvalue weighted by atomic mass is 9.70. The normalized spacial score (nSPS) is 24.3. The van der Waals surface area contributed by atoms with Gasteiger partial charge in [-0.15, -0.1) is 0 Å². The van der Waals surface area contributed by atoms with E-state index in [4.69, 9.17) is 4.43 Å². The van der Waals surface area contributed by atoms with Gasteiger partial charge in [-0.2, -0.15) is 0 Å². The van der Waals surface area contributed by atoms with Crippen LogP contribution in [0.2, 0.25) is 0 Å². The summed E-state index contributed by atoms with van der Waals surface area (Å²) in [4.78, 5) is 0. The Bertz CT molecular complexity index is 195. The van der Waals surface area contributed by atoms with Gasteiger partial charge in [0.05, 0.1) is 0 Å². The van der Waals surface area contributed by atoms with E-state index in [1.807, 2.05) is 0 Å². The summed E-state index contributed by atoms with van der Waals surface area (Å²) in [5.74, 6) is 2.93. The molecule has 0 heterocycles. The fourth-order valence-electron chi connectivity index (χ4n) is 4.06. The zero-order valence-corrected chi connectivity index (χ0v) is 15.3. The minimum absolute atomic E-state index is 0.206. The molecule has 2 fully saturated rings. The van der Waals surface area contributed by atoms with E-state index >= 15 is 0 Å². The molecule has 0 aliphatic heterocycles. The van der Waals surface area contributed by atoms with Crippen LogP contribution in [0, 0.1) is 17.8 Å². The van der Waals surface area contributed by atoms with Crippen LogP contribution in [-0.2, 0) is 4.43 Å². The maximum Gasteiger partial charge on any atom is 0.171 e. The first kappa shape index (κ1) is 15.3. The Labute approximate surface area is 129 Å². The highest BCUT2D eigenvalue weighted by Gasteiger charge is 2.31. The Balaban J connectivity index is 1.87. The minimum atomic E-state index is -0.206. The summed E-state index contributed by atoms with van der Waals surface area (Å²) in [6, 6.07) is 0. The van der Waals surface area contributed by atoms with Crippen LogP contribution in [-0.4, -0.2) is 20.4 Å². The summed E-state index contributed by atoms with van der Waals surface area (Å²) in [5, 5.41) is 0. The van der Waals surface area contributed by atoms with Crippen molar-refractivity contribution in [3.63, 3.8) is 0 Å². The van der Waals surface area contributed by atoms with Crippen molar-refractivity contribution in [1.82, 2.24) is 0 Å². The molecule has 0 atom stereocenters. The fourth-order valence-corrected chi connectivity index (χ4v) is 5.54. The molecule has 1 nitrogen and oxygen atoms in total. The van der Waals surface area contributed by atoms with Crippen LogP contribution in [0.3, 0.4) is 0 Å². The summed E-state index contributed by atoms with van der Waals surface area (Å²) in [5.41, 5.74) is 0. The van der Waals surface area contributed by atoms with E-state index in [0.29, 0.717) is 0 Å². The molecule has 2 saturated carbocycles. The average Bonchev–Trinajstić information content (AvgIpc) is 2.46. The molecule has 0 aromatic rings. The Hall–Kier alpha value is 0.907. The molecule has 0 bridgehead atoms. The molecular formula is C15H29IOSi. The highest BCUT2D eigenvalue weighted by molar-refractivity contribution is 14.1. The molecule has 0 amide bonds. The van der Waals surface area contributed by atoms with Gasteiger partial charge in [-0.25, -0.2) is 0 Å². The van der Waals surface area contributed by atoms with Crippen molar-refractivity contribution in [3.05, 3.63) is 0 Å². The topological polar surface area (TPSA) is 9.23 Å². The highest BCUT2D eigenvalue weighted by atomic mass is 127. The quantitative estimate of drug-likeness (QED) is 0.290. The van der Waals surface area contributed by atoms with Crippen molar-refractivity contribution in [1.29, 1.82) is 0 Å². The molecule has 0 unspecified atom stereocenters. The Morgan fingerprint density at radius 3 is 1.83 bits per heavy atom. The number of alkyl halides is 1. The van der Waals surface area contributed by atoms with Gasteiger partial charge in [0, 0.05) is 10.7 Å². The Morgan fingerprint density at radius 2 is 1.39 bits per heavy atom. The van der Waals surface area contributed by atoms with Crippen LogP contribution in [0.5, 0.6) is 0 Å². The van der Waals surface area contributed by atoms with Crippen molar-refractivity contribution < 1.29 is 4.43 Å². The largest absolute Gasteiger partial charge is 0.423 e. The van der Waals surface area contributed by atoms with E-state index in [1.165, 1.54) is 68.3 Å². The molecule has 0 spiro atoms. The first-order valence-electron chi connectivity index (χ1n) is 8.05. The first-order chi connectivity index (χ1) is 8.92. The lowest BCUT2D eigenvalue weighted by Gasteiger charge is -2.37. The minimum Gasteiger partial charge on any atom is -0.423 e. The second-order valence-electron chi connectivity index (χ2n) is 6.22. The second-order valence-corrected chi connectivity index (χ2v) is 10.7. The van der Waals surface area contributed by atoms with Crippen LogP contribution < -0.4 is 0 Å². The van der Waals surface area contributed by atoms with E-state index in [2.05, 4.69) is 22.6 Å². The fraction of sp³-hybridized carbons (Fsp3) is 1.00. The molecular weight excluding hydrogens is 351 g/mol. The summed E-state index contributed by atoms with van der Waals surface area (Å²) in [6.45, 7) is 1.12. The number of rotatable bonds is 6. The molecule has 2 rings (SSSR count). The Kier molecular flexibility index (Phi) is 7.61. The van der Waals surface area contributed by atoms with Crippen LogP contribution in [0.15, 0.2) is 0 Å². The van der Waals surface area contributed by atoms with Crippen LogP contribution in [0.1, 0.15) is 64.2 Å². The maximum absolute atomic E-state index is 6.08. The average molecular weight is 380 g/mol. The van der Waals surface area contributed by atoms with Gasteiger partial charge in [0.2, 0.25) is 0 Å². The summed E-state index contributed by atoms with van der Waals surface area (Å²) in [6.07, 6.45) is 14.9. The molecule has 2 aliphatic carbocycles. The lowest BCUT2D eigenvalue weighted by molar-refractivity contribution is 0.0915. The Morgan fingerprint density at radius 1 is 0.889 bits per heavy atom. The maximum atomic E-state index is 6.08. The van der Waals surface area contributed by atoms with Crippen molar-refractivity contribution in [2.45, 2.75) is 64.2 Å². The molecule has 0 N–H and O–H groups in total. The second kappa shape index (κ2) is 8.96. The highest BCUT2D eigenvalue weighted by Crippen LogP contribution is 2.39. The van der Waals surface area contributed by atoms with Crippen molar-refractivity contribution in [2.24, 2.45) is 17.8 Å². The molecule has 106 valence electrons. The van der Waals surface area contributed by atoms with Gasteiger partial charge >= 0.3 is 0 Å². The zero-order chi connectivity index (χ0) is 12.6. The van der Waals surface area contributed by atoms with Gasteiger partial charge in [0.1, 0.15) is 0 Å². The third-order valence-corrected chi connectivity index (χ3v) is 7.04. The van der Waals surface area contributed by atoms with E-state index in [0.717, 1.165) is 24.4 Å².